The number of rotatable bonds is 1. The van der Waals surface area contributed by atoms with E-state index < -0.39 is 17.2 Å². The Morgan fingerprint density at radius 1 is 0.889 bits per heavy atom. The van der Waals surface area contributed by atoms with Crippen LogP contribution in [0.4, 0.5) is 8.78 Å². The van der Waals surface area contributed by atoms with E-state index in [1.54, 1.807) is 0 Å². The maximum atomic E-state index is 13.2. The van der Waals surface area contributed by atoms with Crippen molar-refractivity contribution in [1.29, 1.82) is 0 Å². The molecular weight excluding hydrogens is 234 g/mol. The summed E-state index contributed by atoms with van der Waals surface area (Å²) < 4.78 is 26.2. The SMILES string of the molecule is OC1(c2ccc(F)c(F)c2)Cc2ccccc2C1. The van der Waals surface area contributed by atoms with E-state index in [1.165, 1.54) is 6.07 Å². The van der Waals surface area contributed by atoms with Gasteiger partial charge in [0, 0.05) is 12.8 Å². The predicted octanol–water partition coefficient (Wildman–Crippen LogP) is 2.95. The van der Waals surface area contributed by atoms with Gasteiger partial charge < -0.3 is 5.11 Å². The fraction of sp³-hybridized carbons (Fsp3) is 0.200. The van der Waals surface area contributed by atoms with Crippen molar-refractivity contribution in [3.05, 3.63) is 70.8 Å². The number of halogens is 2. The van der Waals surface area contributed by atoms with Crippen LogP contribution in [0, 0.1) is 11.6 Å². The van der Waals surface area contributed by atoms with Crippen molar-refractivity contribution in [1.82, 2.24) is 0 Å². The lowest BCUT2D eigenvalue weighted by Crippen LogP contribution is -2.26. The van der Waals surface area contributed by atoms with E-state index in [0.29, 0.717) is 18.4 Å². The van der Waals surface area contributed by atoms with Gasteiger partial charge >= 0.3 is 0 Å². The van der Waals surface area contributed by atoms with Gasteiger partial charge in [-0.05, 0) is 28.8 Å². The van der Waals surface area contributed by atoms with E-state index in [1.807, 2.05) is 24.3 Å². The zero-order valence-electron chi connectivity index (χ0n) is 9.66. The number of benzene rings is 2. The Kier molecular flexibility index (Phi) is 2.45. The predicted molar refractivity (Wildman–Crippen MR) is 64.1 cm³/mol. The van der Waals surface area contributed by atoms with Crippen LogP contribution < -0.4 is 0 Å². The maximum Gasteiger partial charge on any atom is 0.159 e. The van der Waals surface area contributed by atoms with Gasteiger partial charge in [-0.15, -0.1) is 0 Å². The Hall–Kier alpha value is -1.74. The third-order valence-corrected chi connectivity index (χ3v) is 3.54. The summed E-state index contributed by atoms with van der Waals surface area (Å²) in [6.45, 7) is 0. The van der Waals surface area contributed by atoms with Crippen LogP contribution in [-0.4, -0.2) is 5.11 Å². The second-order valence-corrected chi connectivity index (χ2v) is 4.78. The molecule has 0 spiro atoms. The first-order valence-electron chi connectivity index (χ1n) is 5.83. The van der Waals surface area contributed by atoms with Crippen LogP contribution in [0.3, 0.4) is 0 Å². The minimum Gasteiger partial charge on any atom is -0.384 e. The molecule has 0 aromatic heterocycles. The molecule has 0 radical (unpaired) electrons. The zero-order chi connectivity index (χ0) is 12.8. The Balaban J connectivity index is 2.01. The van der Waals surface area contributed by atoms with Gasteiger partial charge in [-0.1, -0.05) is 30.3 Å². The lowest BCUT2D eigenvalue weighted by Gasteiger charge is -2.22. The van der Waals surface area contributed by atoms with Gasteiger partial charge in [-0.2, -0.15) is 0 Å². The van der Waals surface area contributed by atoms with E-state index in [4.69, 9.17) is 0 Å². The molecule has 1 aliphatic rings. The number of fused-ring (bicyclic) bond motifs is 1. The van der Waals surface area contributed by atoms with Gasteiger partial charge in [0.25, 0.3) is 0 Å². The maximum absolute atomic E-state index is 13.2. The summed E-state index contributed by atoms with van der Waals surface area (Å²) in [5.74, 6) is -1.81. The molecule has 92 valence electrons. The van der Waals surface area contributed by atoms with Gasteiger partial charge in [-0.25, -0.2) is 8.78 Å². The van der Waals surface area contributed by atoms with Crippen LogP contribution in [0.25, 0.3) is 0 Å². The van der Waals surface area contributed by atoms with Crippen molar-refractivity contribution in [2.24, 2.45) is 0 Å². The van der Waals surface area contributed by atoms with Crippen molar-refractivity contribution in [2.45, 2.75) is 18.4 Å². The average molecular weight is 246 g/mol. The largest absolute Gasteiger partial charge is 0.384 e. The second-order valence-electron chi connectivity index (χ2n) is 4.78. The van der Waals surface area contributed by atoms with Crippen molar-refractivity contribution in [3.8, 4) is 0 Å². The van der Waals surface area contributed by atoms with E-state index >= 15 is 0 Å². The molecule has 0 amide bonds. The first kappa shape index (κ1) is 11.4. The van der Waals surface area contributed by atoms with Crippen LogP contribution in [-0.2, 0) is 18.4 Å². The molecule has 18 heavy (non-hydrogen) atoms. The first-order valence-corrected chi connectivity index (χ1v) is 5.83. The Bertz CT molecular complexity index is 582. The van der Waals surface area contributed by atoms with Crippen LogP contribution in [0.5, 0.6) is 0 Å². The van der Waals surface area contributed by atoms with Gasteiger partial charge in [0.2, 0.25) is 0 Å². The summed E-state index contributed by atoms with van der Waals surface area (Å²) in [7, 11) is 0. The van der Waals surface area contributed by atoms with Gasteiger partial charge in [0.15, 0.2) is 11.6 Å². The van der Waals surface area contributed by atoms with E-state index in [9.17, 15) is 13.9 Å². The Morgan fingerprint density at radius 2 is 1.50 bits per heavy atom. The lowest BCUT2D eigenvalue weighted by molar-refractivity contribution is 0.0478. The highest BCUT2D eigenvalue weighted by molar-refractivity contribution is 5.40. The normalized spacial score (nSPS) is 16.6. The van der Waals surface area contributed by atoms with Crippen LogP contribution in [0.1, 0.15) is 16.7 Å². The van der Waals surface area contributed by atoms with Crippen molar-refractivity contribution in [3.63, 3.8) is 0 Å². The molecule has 2 aromatic carbocycles. The van der Waals surface area contributed by atoms with E-state index in [0.717, 1.165) is 23.3 Å². The minimum absolute atomic E-state index is 0.428. The van der Waals surface area contributed by atoms with Gasteiger partial charge in [0.1, 0.15) is 0 Å². The summed E-state index contributed by atoms with van der Waals surface area (Å²) in [6.07, 6.45) is 0.877. The quantitative estimate of drug-likeness (QED) is 0.820. The minimum atomic E-state index is -1.13. The summed E-state index contributed by atoms with van der Waals surface area (Å²) in [5, 5.41) is 10.6. The second kappa shape index (κ2) is 3.89. The molecule has 0 saturated heterocycles. The summed E-state index contributed by atoms with van der Waals surface area (Å²) in [5.41, 5.74) is 1.42. The molecule has 1 N–H and O–H groups in total. The standard InChI is InChI=1S/C15H12F2O/c16-13-6-5-12(7-14(13)17)15(18)8-10-3-1-2-4-11(10)9-15/h1-7,18H,8-9H2. The van der Waals surface area contributed by atoms with Crippen molar-refractivity contribution >= 4 is 0 Å². The molecule has 3 rings (SSSR count). The highest BCUT2D eigenvalue weighted by Crippen LogP contribution is 2.37. The van der Waals surface area contributed by atoms with Crippen molar-refractivity contribution in [2.75, 3.05) is 0 Å². The van der Waals surface area contributed by atoms with E-state index in [-0.39, 0.29) is 0 Å². The monoisotopic (exact) mass is 246 g/mol. The topological polar surface area (TPSA) is 20.2 Å². The third kappa shape index (κ3) is 1.71. The molecule has 0 saturated carbocycles. The first-order chi connectivity index (χ1) is 8.58. The number of hydrogen-bond donors (Lipinski definition) is 1. The van der Waals surface area contributed by atoms with Crippen LogP contribution >= 0.6 is 0 Å². The molecule has 2 aromatic rings. The highest BCUT2D eigenvalue weighted by atomic mass is 19.2. The molecule has 3 heteroatoms. The molecule has 0 unspecified atom stereocenters. The Labute approximate surface area is 104 Å². The molecule has 1 aliphatic carbocycles. The molecule has 0 aliphatic heterocycles. The number of hydrogen-bond acceptors (Lipinski definition) is 1. The van der Waals surface area contributed by atoms with Crippen molar-refractivity contribution < 1.29 is 13.9 Å². The summed E-state index contributed by atoms with van der Waals surface area (Å²) in [6, 6.07) is 11.3. The molecule has 0 bridgehead atoms. The fourth-order valence-electron chi connectivity index (χ4n) is 2.58. The summed E-state index contributed by atoms with van der Waals surface area (Å²) in [4.78, 5) is 0. The lowest BCUT2D eigenvalue weighted by atomic mass is 9.91. The van der Waals surface area contributed by atoms with Gasteiger partial charge in [0.05, 0.1) is 5.60 Å². The van der Waals surface area contributed by atoms with Crippen LogP contribution in [0.15, 0.2) is 42.5 Å². The fourth-order valence-corrected chi connectivity index (χ4v) is 2.58. The van der Waals surface area contributed by atoms with Crippen LogP contribution in [0.2, 0.25) is 0 Å². The zero-order valence-corrected chi connectivity index (χ0v) is 9.66. The van der Waals surface area contributed by atoms with E-state index in [2.05, 4.69) is 0 Å². The number of aliphatic hydroxyl groups is 1. The Morgan fingerprint density at radius 3 is 2.06 bits per heavy atom. The molecule has 0 heterocycles. The molecule has 1 nitrogen and oxygen atoms in total. The summed E-state index contributed by atoms with van der Waals surface area (Å²) >= 11 is 0. The highest BCUT2D eigenvalue weighted by Gasteiger charge is 2.36. The molecular formula is C15H12F2O. The molecule has 0 fully saturated rings. The smallest absolute Gasteiger partial charge is 0.159 e. The average Bonchev–Trinajstić information content (AvgIpc) is 2.70. The molecule has 0 atom stereocenters. The van der Waals surface area contributed by atoms with Gasteiger partial charge in [-0.3, -0.25) is 0 Å². The third-order valence-electron chi connectivity index (χ3n) is 3.54.